The molecule has 1 fully saturated rings. The van der Waals surface area contributed by atoms with Gasteiger partial charge in [0.05, 0.1) is 6.61 Å². The Morgan fingerprint density at radius 2 is 2.07 bits per heavy atom. The molecule has 0 aromatic heterocycles. The molecule has 0 amide bonds. The standard InChI is InChI=1S/C13H26O2/c1-5-14-10-15-9-13(4)7-6-12(8-13)11(2)3/h11-12H,5-10H2,1-4H3/t12-,13+/m0/s1. The average Bonchev–Trinajstić information content (AvgIpc) is 2.57. The van der Waals surface area contributed by atoms with E-state index in [2.05, 4.69) is 20.8 Å². The van der Waals surface area contributed by atoms with Crippen molar-refractivity contribution < 1.29 is 9.47 Å². The fourth-order valence-electron chi connectivity index (χ4n) is 2.50. The Morgan fingerprint density at radius 3 is 2.60 bits per heavy atom. The zero-order valence-electron chi connectivity index (χ0n) is 10.7. The molecule has 0 bridgehead atoms. The van der Waals surface area contributed by atoms with Gasteiger partial charge in [0.25, 0.3) is 0 Å². The Morgan fingerprint density at radius 1 is 1.33 bits per heavy atom. The van der Waals surface area contributed by atoms with Crippen molar-refractivity contribution in [2.75, 3.05) is 20.0 Å². The average molecular weight is 214 g/mol. The normalized spacial score (nSPS) is 31.4. The molecule has 90 valence electrons. The van der Waals surface area contributed by atoms with Gasteiger partial charge in [0, 0.05) is 6.61 Å². The van der Waals surface area contributed by atoms with Crippen molar-refractivity contribution in [3.05, 3.63) is 0 Å². The minimum Gasteiger partial charge on any atom is -0.356 e. The lowest BCUT2D eigenvalue weighted by molar-refractivity contribution is -0.0757. The van der Waals surface area contributed by atoms with Crippen molar-refractivity contribution in [1.82, 2.24) is 0 Å². The molecule has 2 heteroatoms. The van der Waals surface area contributed by atoms with Crippen molar-refractivity contribution in [2.45, 2.75) is 47.0 Å². The SMILES string of the molecule is CCOCOC[C@]1(C)CC[C@H](C(C)C)C1. The molecule has 1 saturated carbocycles. The lowest BCUT2D eigenvalue weighted by atomic mass is 9.86. The van der Waals surface area contributed by atoms with Gasteiger partial charge in [-0.05, 0) is 43.4 Å². The van der Waals surface area contributed by atoms with Gasteiger partial charge in [0.2, 0.25) is 0 Å². The summed E-state index contributed by atoms with van der Waals surface area (Å²) in [5, 5.41) is 0. The van der Waals surface area contributed by atoms with Crippen LogP contribution in [0.2, 0.25) is 0 Å². The first kappa shape index (κ1) is 13.0. The van der Waals surface area contributed by atoms with Crippen molar-refractivity contribution >= 4 is 0 Å². The minimum absolute atomic E-state index is 0.395. The van der Waals surface area contributed by atoms with E-state index in [9.17, 15) is 0 Å². The number of hydrogen-bond donors (Lipinski definition) is 0. The molecule has 2 nitrogen and oxygen atoms in total. The molecule has 1 rings (SSSR count). The molecule has 0 spiro atoms. The van der Waals surface area contributed by atoms with Crippen LogP contribution in [0.1, 0.15) is 47.0 Å². The predicted octanol–water partition coefficient (Wildman–Crippen LogP) is 3.46. The fraction of sp³-hybridized carbons (Fsp3) is 1.00. The van der Waals surface area contributed by atoms with E-state index in [0.29, 0.717) is 12.2 Å². The van der Waals surface area contributed by atoms with E-state index in [1.165, 1.54) is 19.3 Å². The van der Waals surface area contributed by atoms with Gasteiger partial charge in [-0.3, -0.25) is 0 Å². The van der Waals surface area contributed by atoms with Crippen molar-refractivity contribution in [1.29, 1.82) is 0 Å². The van der Waals surface area contributed by atoms with Gasteiger partial charge in [-0.15, -0.1) is 0 Å². The van der Waals surface area contributed by atoms with Crippen molar-refractivity contribution in [3.63, 3.8) is 0 Å². The summed E-state index contributed by atoms with van der Waals surface area (Å²) in [4.78, 5) is 0. The highest BCUT2D eigenvalue weighted by Gasteiger charge is 2.36. The lowest BCUT2D eigenvalue weighted by Crippen LogP contribution is -2.21. The van der Waals surface area contributed by atoms with Gasteiger partial charge in [-0.2, -0.15) is 0 Å². The highest BCUT2D eigenvalue weighted by Crippen LogP contribution is 2.44. The minimum atomic E-state index is 0.395. The number of ether oxygens (including phenoxy) is 2. The molecule has 0 radical (unpaired) electrons. The Hall–Kier alpha value is -0.0800. The van der Waals surface area contributed by atoms with E-state index in [1.54, 1.807) is 0 Å². The van der Waals surface area contributed by atoms with Gasteiger partial charge in [0.15, 0.2) is 0 Å². The van der Waals surface area contributed by atoms with Crippen molar-refractivity contribution in [3.8, 4) is 0 Å². The number of hydrogen-bond acceptors (Lipinski definition) is 2. The van der Waals surface area contributed by atoms with Crippen molar-refractivity contribution in [2.24, 2.45) is 17.3 Å². The third kappa shape index (κ3) is 4.12. The highest BCUT2D eigenvalue weighted by molar-refractivity contribution is 4.86. The maximum Gasteiger partial charge on any atom is 0.146 e. The molecule has 0 aliphatic heterocycles. The Kier molecular flexibility index (Phi) is 5.07. The van der Waals surface area contributed by atoms with E-state index in [1.807, 2.05) is 6.92 Å². The lowest BCUT2D eigenvalue weighted by Gasteiger charge is -2.24. The fourth-order valence-corrected chi connectivity index (χ4v) is 2.50. The molecular weight excluding hydrogens is 188 g/mol. The maximum atomic E-state index is 5.57. The van der Waals surface area contributed by atoms with Crippen LogP contribution in [0.3, 0.4) is 0 Å². The summed E-state index contributed by atoms with van der Waals surface area (Å²) < 4.78 is 10.8. The van der Waals surface area contributed by atoms with Gasteiger partial charge in [-0.1, -0.05) is 20.8 Å². The third-order valence-corrected chi connectivity index (χ3v) is 3.64. The smallest absolute Gasteiger partial charge is 0.146 e. The molecule has 1 aliphatic rings. The second kappa shape index (κ2) is 5.86. The first-order chi connectivity index (χ1) is 7.07. The summed E-state index contributed by atoms with van der Waals surface area (Å²) in [5.74, 6) is 1.71. The zero-order valence-corrected chi connectivity index (χ0v) is 10.7. The molecule has 0 aromatic rings. The van der Waals surface area contributed by atoms with E-state index in [0.717, 1.165) is 25.0 Å². The maximum absolute atomic E-state index is 5.57. The molecule has 15 heavy (non-hydrogen) atoms. The summed E-state index contributed by atoms with van der Waals surface area (Å²) in [7, 11) is 0. The third-order valence-electron chi connectivity index (χ3n) is 3.64. The first-order valence-corrected chi connectivity index (χ1v) is 6.23. The molecule has 0 saturated heterocycles. The highest BCUT2D eigenvalue weighted by atomic mass is 16.7. The van der Waals surface area contributed by atoms with Crippen LogP contribution in [0.15, 0.2) is 0 Å². The summed E-state index contributed by atoms with van der Waals surface area (Å²) in [6, 6.07) is 0. The van der Waals surface area contributed by atoms with E-state index in [4.69, 9.17) is 9.47 Å². The predicted molar refractivity (Wildman–Crippen MR) is 62.7 cm³/mol. The van der Waals surface area contributed by atoms with E-state index >= 15 is 0 Å². The molecule has 0 unspecified atom stereocenters. The van der Waals surface area contributed by atoms with Crippen LogP contribution < -0.4 is 0 Å². The zero-order chi connectivity index (χ0) is 11.3. The molecular formula is C13H26O2. The quantitative estimate of drug-likeness (QED) is 0.498. The van der Waals surface area contributed by atoms with Crippen LogP contribution in [-0.4, -0.2) is 20.0 Å². The van der Waals surface area contributed by atoms with Crippen LogP contribution in [0, 0.1) is 17.3 Å². The van der Waals surface area contributed by atoms with Gasteiger partial charge >= 0.3 is 0 Å². The van der Waals surface area contributed by atoms with Gasteiger partial charge in [0.1, 0.15) is 6.79 Å². The number of rotatable bonds is 6. The summed E-state index contributed by atoms with van der Waals surface area (Å²) in [6.45, 7) is 11.1. The summed E-state index contributed by atoms with van der Waals surface area (Å²) in [6.07, 6.45) is 3.99. The summed E-state index contributed by atoms with van der Waals surface area (Å²) in [5.41, 5.74) is 0.395. The summed E-state index contributed by atoms with van der Waals surface area (Å²) >= 11 is 0. The Labute approximate surface area is 94.3 Å². The van der Waals surface area contributed by atoms with Crippen LogP contribution in [0.25, 0.3) is 0 Å². The van der Waals surface area contributed by atoms with Crippen LogP contribution in [0.5, 0.6) is 0 Å². The second-order valence-electron chi connectivity index (χ2n) is 5.52. The molecule has 1 aliphatic carbocycles. The van der Waals surface area contributed by atoms with Crippen LogP contribution in [0.4, 0.5) is 0 Å². The van der Waals surface area contributed by atoms with Crippen LogP contribution in [-0.2, 0) is 9.47 Å². The molecule has 0 heterocycles. The topological polar surface area (TPSA) is 18.5 Å². The van der Waals surface area contributed by atoms with Gasteiger partial charge < -0.3 is 9.47 Å². The van der Waals surface area contributed by atoms with E-state index < -0.39 is 0 Å². The molecule has 0 N–H and O–H groups in total. The second-order valence-corrected chi connectivity index (χ2v) is 5.52. The Balaban J connectivity index is 2.23. The molecule has 2 atom stereocenters. The monoisotopic (exact) mass is 214 g/mol. The van der Waals surface area contributed by atoms with Crippen LogP contribution >= 0.6 is 0 Å². The van der Waals surface area contributed by atoms with E-state index in [-0.39, 0.29) is 0 Å². The molecule has 0 aromatic carbocycles. The largest absolute Gasteiger partial charge is 0.356 e. The Bertz CT molecular complexity index is 179. The first-order valence-electron chi connectivity index (χ1n) is 6.23. The van der Waals surface area contributed by atoms with Gasteiger partial charge in [-0.25, -0.2) is 0 Å².